The fourth-order valence-electron chi connectivity index (χ4n) is 2.97. The van der Waals surface area contributed by atoms with Gasteiger partial charge < -0.3 is 9.47 Å². The average Bonchev–Trinajstić information content (AvgIpc) is 2.74. The molecular formula is C22H23N3O5. The molecule has 156 valence electrons. The molecule has 0 radical (unpaired) electrons. The van der Waals surface area contributed by atoms with Crippen LogP contribution in [0.4, 0.5) is 16.3 Å². The molecule has 30 heavy (non-hydrogen) atoms. The molecular weight excluding hydrogens is 386 g/mol. The third kappa shape index (κ3) is 5.44. The largest absolute Gasteiger partial charge is 0.493 e. The summed E-state index contributed by atoms with van der Waals surface area (Å²) in [6, 6.07) is 13.8. The van der Waals surface area contributed by atoms with Crippen LogP contribution in [0.15, 0.2) is 54.7 Å². The lowest BCUT2D eigenvalue weighted by Gasteiger charge is -2.10. The minimum atomic E-state index is -0.526. The number of amides is 1. The van der Waals surface area contributed by atoms with Gasteiger partial charge in [0.15, 0.2) is 0 Å². The normalized spacial score (nSPS) is 10.6. The number of hydrogen-bond donors (Lipinski definition) is 1. The van der Waals surface area contributed by atoms with Gasteiger partial charge in [0, 0.05) is 24.1 Å². The second kappa shape index (κ2) is 10.2. The Kier molecular flexibility index (Phi) is 7.15. The van der Waals surface area contributed by atoms with Crippen LogP contribution in [0.25, 0.3) is 10.8 Å². The zero-order valence-corrected chi connectivity index (χ0v) is 16.7. The van der Waals surface area contributed by atoms with Crippen molar-refractivity contribution in [2.45, 2.75) is 26.2 Å². The van der Waals surface area contributed by atoms with E-state index in [0.29, 0.717) is 42.0 Å². The highest BCUT2D eigenvalue weighted by Gasteiger charge is 2.14. The van der Waals surface area contributed by atoms with E-state index in [4.69, 9.17) is 9.47 Å². The molecule has 3 rings (SSSR count). The number of fused-ring (bicyclic) bond motifs is 1. The van der Waals surface area contributed by atoms with Crippen molar-refractivity contribution in [2.75, 3.05) is 18.5 Å². The molecule has 0 bridgehead atoms. The van der Waals surface area contributed by atoms with E-state index < -0.39 is 11.0 Å². The minimum absolute atomic E-state index is 0.0497. The molecule has 2 aromatic carbocycles. The summed E-state index contributed by atoms with van der Waals surface area (Å²) >= 11 is 0. The summed E-state index contributed by atoms with van der Waals surface area (Å²) in [5.41, 5.74) is 0.980. The number of non-ortho nitro benzene ring substituents is 1. The summed E-state index contributed by atoms with van der Waals surface area (Å²) in [4.78, 5) is 26.7. The van der Waals surface area contributed by atoms with Gasteiger partial charge in [0.05, 0.1) is 23.5 Å². The van der Waals surface area contributed by atoms with Crippen LogP contribution >= 0.6 is 0 Å². The van der Waals surface area contributed by atoms with Crippen molar-refractivity contribution >= 4 is 28.4 Å². The molecule has 8 heteroatoms. The minimum Gasteiger partial charge on any atom is -0.493 e. The number of pyridine rings is 1. The Balaban J connectivity index is 1.61. The van der Waals surface area contributed by atoms with Crippen LogP contribution in [0.2, 0.25) is 0 Å². The number of nitrogens with zero attached hydrogens (tertiary/aromatic N) is 2. The summed E-state index contributed by atoms with van der Waals surface area (Å²) < 4.78 is 11.0. The van der Waals surface area contributed by atoms with Gasteiger partial charge >= 0.3 is 6.09 Å². The maximum atomic E-state index is 11.8. The molecule has 0 aliphatic heterocycles. The molecule has 0 saturated carbocycles. The zero-order valence-electron chi connectivity index (χ0n) is 16.7. The van der Waals surface area contributed by atoms with Gasteiger partial charge in [-0.05, 0) is 36.2 Å². The van der Waals surface area contributed by atoms with E-state index in [1.54, 1.807) is 36.5 Å². The molecule has 1 aromatic heterocycles. The number of aromatic nitrogens is 1. The Morgan fingerprint density at radius 3 is 2.70 bits per heavy atom. The molecule has 8 nitrogen and oxygen atoms in total. The van der Waals surface area contributed by atoms with Crippen LogP contribution in [-0.4, -0.2) is 29.2 Å². The number of nitrogens with one attached hydrogen (secondary N) is 1. The molecule has 1 amide bonds. The quantitative estimate of drug-likeness (QED) is 0.299. The van der Waals surface area contributed by atoms with E-state index >= 15 is 0 Å². The Hall–Kier alpha value is -3.68. The zero-order chi connectivity index (χ0) is 21.3. The Labute approximate surface area is 174 Å². The molecule has 1 N–H and O–H groups in total. The van der Waals surface area contributed by atoms with Gasteiger partial charge in [-0.15, -0.1) is 0 Å². The van der Waals surface area contributed by atoms with Gasteiger partial charge in [0.2, 0.25) is 0 Å². The first kappa shape index (κ1) is 21.0. The number of anilines is 1. The molecule has 3 aromatic rings. The lowest BCUT2D eigenvalue weighted by molar-refractivity contribution is -0.383. The number of benzene rings is 2. The molecule has 0 aliphatic rings. The standard InChI is InChI=1S/C22H23N3O5/c1-2-3-13-30-22(26)24-21-15-16(10-12-23-21)11-14-29-20-9-8-19(25(27)28)17-6-4-5-7-18(17)20/h4-10,12,15H,2-3,11,13-14H2,1H3,(H,23,24,26). The Morgan fingerprint density at radius 2 is 1.93 bits per heavy atom. The van der Waals surface area contributed by atoms with Gasteiger partial charge in [-0.3, -0.25) is 15.4 Å². The third-order valence-corrected chi connectivity index (χ3v) is 4.49. The predicted molar refractivity (Wildman–Crippen MR) is 114 cm³/mol. The monoisotopic (exact) mass is 409 g/mol. The molecule has 0 unspecified atom stereocenters. The number of rotatable bonds is 9. The van der Waals surface area contributed by atoms with Crippen LogP contribution in [0.3, 0.4) is 0 Å². The Bertz CT molecular complexity index is 1040. The second-order valence-corrected chi connectivity index (χ2v) is 6.65. The van der Waals surface area contributed by atoms with Crippen LogP contribution < -0.4 is 10.1 Å². The van der Waals surface area contributed by atoms with Crippen LogP contribution in [0.1, 0.15) is 25.3 Å². The highest BCUT2D eigenvalue weighted by atomic mass is 16.6. The molecule has 1 heterocycles. The number of carbonyl (C=O) groups is 1. The summed E-state index contributed by atoms with van der Waals surface area (Å²) in [5.74, 6) is 0.998. The second-order valence-electron chi connectivity index (χ2n) is 6.65. The third-order valence-electron chi connectivity index (χ3n) is 4.49. The van der Waals surface area contributed by atoms with Gasteiger partial charge in [-0.25, -0.2) is 9.78 Å². The van der Waals surface area contributed by atoms with Crippen molar-refractivity contribution in [2.24, 2.45) is 0 Å². The first-order valence-electron chi connectivity index (χ1n) is 9.76. The van der Waals surface area contributed by atoms with Crippen molar-refractivity contribution in [3.8, 4) is 5.75 Å². The highest BCUT2D eigenvalue weighted by molar-refractivity contribution is 5.95. The van der Waals surface area contributed by atoms with Gasteiger partial charge in [0.1, 0.15) is 11.6 Å². The number of carbonyl (C=O) groups excluding carboxylic acids is 1. The predicted octanol–water partition coefficient (Wildman–Crippen LogP) is 5.11. The van der Waals surface area contributed by atoms with Crippen molar-refractivity contribution in [1.82, 2.24) is 4.98 Å². The molecule has 0 aliphatic carbocycles. The van der Waals surface area contributed by atoms with Crippen molar-refractivity contribution < 1.29 is 19.2 Å². The van der Waals surface area contributed by atoms with E-state index in [1.165, 1.54) is 6.07 Å². The maximum absolute atomic E-state index is 11.8. The first-order chi connectivity index (χ1) is 14.6. The van der Waals surface area contributed by atoms with E-state index in [2.05, 4.69) is 10.3 Å². The number of nitro groups is 1. The van der Waals surface area contributed by atoms with Crippen molar-refractivity contribution in [3.05, 3.63) is 70.4 Å². The van der Waals surface area contributed by atoms with Gasteiger partial charge in [0.25, 0.3) is 5.69 Å². The fourth-order valence-corrected chi connectivity index (χ4v) is 2.97. The first-order valence-corrected chi connectivity index (χ1v) is 9.76. The fraction of sp³-hybridized carbons (Fsp3) is 0.273. The lowest BCUT2D eigenvalue weighted by Crippen LogP contribution is -2.15. The van der Waals surface area contributed by atoms with E-state index in [0.717, 1.165) is 18.4 Å². The summed E-state index contributed by atoms with van der Waals surface area (Å²) in [6.45, 7) is 2.76. The molecule has 0 saturated heterocycles. The van der Waals surface area contributed by atoms with Crippen molar-refractivity contribution in [3.63, 3.8) is 0 Å². The van der Waals surface area contributed by atoms with Gasteiger partial charge in [-0.1, -0.05) is 31.5 Å². The average molecular weight is 409 g/mol. The summed E-state index contributed by atoms with van der Waals surface area (Å²) in [5, 5.41) is 15.1. The number of ether oxygens (including phenoxy) is 2. The summed E-state index contributed by atoms with van der Waals surface area (Å²) in [6.07, 6.45) is 3.42. The maximum Gasteiger partial charge on any atom is 0.412 e. The number of hydrogen-bond acceptors (Lipinski definition) is 6. The van der Waals surface area contributed by atoms with E-state index in [1.807, 2.05) is 19.1 Å². The van der Waals surface area contributed by atoms with Crippen LogP contribution in [0, 0.1) is 10.1 Å². The molecule has 0 fully saturated rings. The lowest BCUT2D eigenvalue weighted by atomic mass is 10.1. The van der Waals surface area contributed by atoms with E-state index in [9.17, 15) is 14.9 Å². The van der Waals surface area contributed by atoms with E-state index in [-0.39, 0.29) is 5.69 Å². The Morgan fingerprint density at radius 1 is 1.13 bits per heavy atom. The molecule has 0 atom stereocenters. The topological polar surface area (TPSA) is 104 Å². The number of nitro benzene ring substituents is 1. The van der Waals surface area contributed by atoms with Gasteiger partial charge in [-0.2, -0.15) is 0 Å². The van der Waals surface area contributed by atoms with Crippen molar-refractivity contribution in [1.29, 1.82) is 0 Å². The summed E-state index contributed by atoms with van der Waals surface area (Å²) in [7, 11) is 0. The van der Waals surface area contributed by atoms with Crippen LogP contribution in [-0.2, 0) is 11.2 Å². The SMILES string of the molecule is CCCCOC(=O)Nc1cc(CCOc2ccc([N+](=O)[O-])c3ccccc23)ccn1. The highest BCUT2D eigenvalue weighted by Crippen LogP contribution is 2.32. The van der Waals surface area contributed by atoms with Crippen LogP contribution in [0.5, 0.6) is 5.75 Å². The molecule has 0 spiro atoms. The number of unbranched alkanes of at least 4 members (excludes halogenated alkanes) is 1. The smallest absolute Gasteiger partial charge is 0.412 e.